The highest BCUT2D eigenvalue weighted by Gasteiger charge is 2.24. The molecule has 0 heterocycles. The standard InChI is InChI=1S/C55H101NO5/c1-4-7-10-13-16-19-22-25-27-29-31-34-37-40-43-46-51(61-55(60)48-45-42-39-36-33-28-24-21-18-15-12-9-6-3)49-54(59)56-52(50-57)53(58)47-44-41-38-35-32-30-26-23-20-17-14-11-8-5-2/h16,19,25,27-28,33,39,42,51-53,57-58H,4-15,17-18,20-24,26,29-32,34-38,40-41,43-50H2,1-3H3,(H,56,59)/b19-16-,27-25-,33-28-,42-39+. The first kappa shape index (κ1) is 58.8. The van der Waals surface area contributed by atoms with E-state index in [-0.39, 0.29) is 31.3 Å². The molecule has 0 saturated heterocycles. The molecule has 61 heavy (non-hydrogen) atoms. The molecule has 0 aliphatic carbocycles. The number of unbranched alkanes of at least 4 members (excludes halogenated alkanes) is 27. The number of amides is 1. The van der Waals surface area contributed by atoms with Gasteiger partial charge < -0.3 is 20.3 Å². The van der Waals surface area contributed by atoms with Crippen molar-refractivity contribution in [1.82, 2.24) is 5.32 Å². The van der Waals surface area contributed by atoms with E-state index >= 15 is 0 Å². The van der Waals surface area contributed by atoms with Gasteiger partial charge in [-0.3, -0.25) is 9.59 Å². The van der Waals surface area contributed by atoms with Crippen LogP contribution in [0.3, 0.4) is 0 Å². The highest BCUT2D eigenvalue weighted by molar-refractivity contribution is 5.77. The van der Waals surface area contributed by atoms with E-state index in [0.717, 1.165) is 70.6 Å². The van der Waals surface area contributed by atoms with Crippen molar-refractivity contribution in [3.05, 3.63) is 48.6 Å². The summed E-state index contributed by atoms with van der Waals surface area (Å²) in [6.07, 6.45) is 58.9. The van der Waals surface area contributed by atoms with Gasteiger partial charge in [-0.15, -0.1) is 0 Å². The van der Waals surface area contributed by atoms with Crippen LogP contribution in [0.5, 0.6) is 0 Å². The lowest BCUT2D eigenvalue weighted by atomic mass is 10.0. The number of ether oxygens (including phenoxy) is 1. The van der Waals surface area contributed by atoms with Crippen molar-refractivity contribution < 1.29 is 24.5 Å². The van der Waals surface area contributed by atoms with Gasteiger partial charge in [0.15, 0.2) is 0 Å². The fourth-order valence-corrected chi connectivity index (χ4v) is 7.87. The minimum Gasteiger partial charge on any atom is -0.462 e. The normalized spacial score (nSPS) is 13.6. The minimum atomic E-state index is -0.800. The number of esters is 1. The van der Waals surface area contributed by atoms with Gasteiger partial charge >= 0.3 is 5.97 Å². The second-order valence-electron chi connectivity index (χ2n) is 17.9. The van der Waals surface area contributed by atoms with E-state index < -0.39 is 18.2 Å². The zero-order valence-electron chi connectivity index (χ0n) is 40.5. The fraction of sp³-hybridized carbons (Fsp3) is 0.818. The van der Waals surface area contributed by atoms with Crippen LogP contribution in [-0.2, 0) is 14.3 Å². The summed E-state index contributed by atoms with van der Waals surface area (Å²) in [7, 11) is 0. The number of hydrogen-bond donors (Lipinski definition) is 3. The molecular weight excluding hydrogens is 755 g/mol. The van der Waals surface area contributed by atoms with Gasteiger partial charge in [-0.2, -0.15) is 0 Å². The SMILES string of the molecule is CCCCC/C=C\C/C=C\CCCCCCCC(CC(=O)NC(CO)C(O)CCCCCCCCCCCCCCCC)OC(=O)CC/C=C/C/C=C\CCCCCCCC. The number of rotatable bonds is 47. The van der Waals surface area contributed by atoms with Crippen molar-refractivity contribution in [2.75, 3.05) is 6.61 Å². The van der Waals surface area contributed by atoms with E-state index in [2.05, 4.69) is 68.6 Å². The second kappa shape index (κ2) is 48.8. The molecule has 0 aromatic rings. The van der Waals surface area contributed by atoms with Gasteiger partial charge in [-0.1, -0.05) is 223 Å². The van der Waals surface area contributed by atoms with Crippen LogP contribution in [0.4, 0.5) is 0 Å². The molecule has 0 spiro atoms. The highest BCUT2D eigenvalue weighted by Crippen LogP contribution is 2.17. The molecule has 0 aromatic carbocycles. The second-order valence-corrected chi connectivity index (χ2v) is 17.9. The van der Waals surface area contributed by atoms with Crippen molar-refractivity contribution >= 4 is 11.9 Å². The lowest BCUT2D eigenvalue weighted by Crippen LogP contribution is -2.46. The van der Waals surface area contributed by atoms with Gasteiger partial charge in [0.25, 0.3) is 0 Å². The molecular formula is C55H101NO5. The van der Waals surface area contributed by atoms with E-state index in [0.29, 0.717) is 19.3 Å². The predicted octanol–water partition coefficient (Wildman–Crippen LogP) is 15.8. The number of carbonyl (C=O) groups excluding carboxylic acids is 2. The van der Waals surface area contributed by atoms with Crippen LogP contribution in [-0.4, -0.2) is 46.9 Å². The van der Waals surface area contributed by atoms with Gasteiger partial charge in [0, 0.05) is 6.42 Å². The quantitative estimate of drug-likeness (QED) is 0.0322. The largest absolute Gasteiger partial charge is 0.462 e. The van der Waals surface area contributed by atoms with E-state index in [1.165, 1.54) is 141 Å². The highest BCUT2D eigenvalue weighted by atomic mass is 16.5. The molecule has 356 valence electrons. The third-order valence-corrected chi connectivity index (χ3v) is 11.9. The molecule has 6 heteroatoms. The smallest absolute Gasteiger partial charge is 0.306 e. The maximum Gasteiger partial charge on any atom is 0.306 e. The first-order chi connectivity index (χ1) is 30.0. The van der Waals surface area contributed by atoms with Crippen LogP contribution in [0, 0.1) is 0 Å². The number of nitrogens with one attached hydrogen (secondary N) is 1. The first-order valence-electron chi connectivity index (χ1n) is 26.4. The molecule has 6 nitrogen and oxygen atoms in total. The number of allylic oxidation sites excluding steroid dienone is 8. The summed E-state index contributed by atoms with van der Waals surface area (Å²) in [5, 5.41) is 23.8. The van der Waals surface area contributed by atoms with Gasteiger partial charge in [0.05, 0.1) is 25.2 Å². The third-order valence-electron chi connectivity index (χ3n) is 11.9. The van der Waals surface area contributed by atoms with E-state index in [1.807, 2.05) is 6.08 Å². The number of aliphatic hydroxyl groups is 2. The van der Waals surface area contributed by atoms with E-state index in [1.54, 1.807) is 0 Å². The zero-order chi connectivity index (χ0) is 44.5. The predicted molar refractivity (Wildman–Crippen MR) is 264 cm³/mol. The summed E-state index contributed by atoms with van der Waals surface area (Å²) >= 11 is 0. The Kier molecular flexibility index (Phi) is 47.1. The summed E-state index contributed by atoms with van der Waals surface area (Å²) in [4.78, 5) is 26.1. The molecule has 0 rings (SSSR count). The lowest BCUT2D eigenvalue weighted by Gasteiger charge is -2.24. The Morgan fingerprint density at radius 1 is 0.475 bits per heavy atom. The molecule has 0 aliphatic heterocycles. The van der Waals surface area contributed by atoms with E-state index in [9.17, 15) is 19.8 Å². The summed E-state index contributed by atoms with van der Waals surface area (Å²) < 4.78 is 5.89. The Labute approximate surface area is 378 Å². The molecule has 0 bridgehead atoms. The fourth-order valence-electron chi connectivity index (χ4n) is 7.87. The number of carbonyl (C=O) groups is 2. The van der Waals surface area contributed by atoms with Crippen LogP contribution in [0.25, 0.3) is 0 Å². The maximum atomic E-state index is 13.2. The zero-order valence-corrected chi connectivity index (χ0v) is 40.5. The van der Waals surface area contributed by atoms with Crippen molar-refractivity contribution in [1.29, 1.82) is 0 Å². The van der Waals surface area contributed by atoms with Gasteiger partial charge in [-0.25, -0.2) is 0 Å². The lowest BCUT2D eigenvalue weighted by molar-refractivity contribution is -0.150. The first-order valence-corrected chi connectivity index (χ1v) is 26.4. The Bertz CT molecular complexity index is 1050. The van der Waals surface area contributed by atoms with Crippen LogP contribution in [0.15, 0.2) is 48.6 Å². The summed E-state index contributed by atoms with van der Waals surface area (Å²) in [6.45, 7) is 6.44. The van der Waals surface area contributed by atoms with Crippen LogP contribution in [0.1, 0.15) is 265 Å². The molecule has 0 saturated carbocycles. The van der Waals surface area contributed by atoms with Crippen molar-refractivity contribution in [3.63, 3.8) is 0 Å². The minimum absolute atomic E-state index is 0.0465. The molecule has 0 aromatic heterocycles. The molecule has 3 unspecified atom stereocenters. The van der Waals surface area contributed by atoms with Crippen molar-refractivity contribution in [2.45, 2.75) is 283 Å². The Hall–Kier alpha value is -2.18. The molecule has 3 atom stereocenters. The third kappa shape index (κ3) is 44.2. The van der Waals surface area contributed by atoms with Crippen LogP contribution >= 0.6 is 0 Å². The van der Waals surface area contributed by atoms with Gasteiger partial charge in [-0.05, 0) is 77.0 Å². The molecule has 0 radical (unpaired) electrons. The van der Waals surface area contributed by atoms with Crippen molar-refractivity contribution in [3.8, 4) is 0 Å². The number of aliphatic hydroxyl groups excluding tert-OH is 2. The summed E-state index contributed by atoms with van der Waals surface area (Å²) in [6, 6.07) is -0.716. The van der Waals surface area contributed by atoms with Crippen LogP contribution < -0.4 is 5.32 Å². The summed E-state index contributed by atoms with van der Waals surface area (Å²) in [5.74, 6) is -0.563. The van der Waals surface area contributed by atoms with Crippen molar-refractivity contribution in [2.24, 2.45) is 0 Å². The van der Waals surface area contributed by atoms with Gasteiger partial charge in [0.1, 0.15) is 6.10 Å². The molecule has 0 fully saturated rings. The maximum absolute atomic E-state index is 13.2. The topological polar surface area (TPSA) is 95.9 Å². The average molecular weight is 856 g/mol. The Morgan fingerprint density at radius 3 is 1.28 bits per heavy atom. The Morgan fingerprint density at radius 2 is 0.836 bits per heavy atom. The summed E-state index contributed by atoms with van der Waals surface area (Å²) in [5.41, 5.74) is 0. The molecule has 3 N–H and O–H groups in total. The van der Waals surface area contributed by atoms with Crippen LogP contribution in [0.2, 0.25) is 0 Å². The molecule has 0 aliphatic rings. The monoisotopic (exact) mass is 856 g/mol. The average Bonchev–Trinajstić information content (AvgIpc) is 3.25. The molecule has 1 amide bonds. The number of hydrogen-bond acceptors (Lipinski definition) is 5. The van der Waals surface area contributed by atoms with E-state index in [4.69, 9.17) is 4.74 Å². The Balaban J connectivity index is 4.65. The van der Waals surface area contributed by atoms with Gasteiger partial charge in [0.2, 0.25) is 5.91 Å².